The van der Waals surface area contributed by atoms with Crippen LogP contribution in [0.15, 0.2) is 72.1 Å². The molecule has 0 unspecified atom stereocenters. The highest BCUT2D eigenvalue weighted by Crippen LogP contribution is 2.14. The Labute approximate surface area is 135 Å². The van der Waals surface area contributed by atoms with Crippen LogP contribution in [-0.2, 0) is 10.0 Å². The van der Waals surface area contributed by atoms with E-state index < -0.39 is 16.1 Å². The number of hydrogen-bond donors (Lipinski definition) is 3. The predicted octanol–water partition coefficient (Wildman–Crippen LogP) is 2.79. The van der Waals surface area contributed by atoms with Crippen LogP contribution < -0.4 is 15.4 Å². The Morgan fingerprint density at radius 2 is 1.52 bits per heavy atom. The van der Waals surface area contributed by atoms with Crippen molar-refractivity contribution >= 4 is 27.4 Å². The molecule has 2 rings (SSSR count). The van der Waals surface area contributed by atoms with Gasteiger partial charge in [-0.1, -0.05) is 24.3 Å². The summed E-state index contributed by atoms with van der Waals surface area (Å²) in [5.41, 5.74) is 1.15. The Bertz CT molecular complexity index is 772. The molecule has 7 heteroatoms. The average Bonchev–Trinajstić information content (AvgIpc) is 2.54. The van der Waals surface area contributed by atoms with Crippen LogP contribution in [0.5, 0.6) is 0 Å². The molecule has 23 heavy (non-hydrogen) atoms. The van der Waals surface area contributed by atoms with Gasteiger partial charge in [-0.25, -0.2) is 17.9 Å². The van der Waals surface area contributed by atoms with E-state index in [1.54, 1.807) is 12.1 Å². The first-order valence-electron chi connectivity index (χ1n) is 6.85. The summed E-state index contributed by atoms with van der Waals surface area (Å²) in [4.78, 5) is 12.0. The maximum atomic E-state index is 11.9. The first kappa shape index (κ1) is 16.7. The second-order valence-electron chi connectivity index (χ2n) is 4.61. The summed E-state index contributed by atoms with van der Waals surface area (Å²) in [7, 11) is -3.57. The second kappa shape index (κ2) is 7.57. The standard InChI is InChI=1S/C16H17N3O3S/c1-2-12-17-23(21,22)15-10-8-14(9-11-15)19-16(20)18-13-6-4-3-5-7-13/h2-11,17H,1,12H2,(H2,18,19,20). The van der Waals surface area contributed by atoms with E-state index >= 15 is 0 Å². The minimum Gasteiger partial charge on any atom is -0.308 e. The molecular formula is C16H17N3O3S. The number of para-hydroxylation sites is 1. The van der Waals surface area contributed by atoms with E-state index in [2.05, 4.69) is 21.9 Å². The molecule has 120 valence electrons. The third kappa shape index (κ3) is 4.94. The number of sulfonamides is 1. The lowest BCUT2D eigenvalue weighted by molar-refractivity contribution is 0.262. The van der Waals surface area contributed by atoms with Gasteiger partial charge in [-0.3, -0.25) is 0 Å². The quantitative estimate of drug-likeness (QED) is 0.711. The first-order chi connectivity index (χ1) is 11.0. The summed E-state index contributed by atoms with van der Waals surface area (Å²) < 4.78 is 26.2. The Kier molecular flexibility index (Phi) is 5.51. The lowest BCUT2D eigenvalue weighted by Crippen LogP contribution is -2.23. The summed E-state index contributed by atoms with van der Waals surface area (Å²) in [6.07, 6.45) is 1.46. The smallest absolute Gasteiger partial charge is 0.308 e. The zero-order valence-electron chi connectivity index (χ0n) is 12.3. The van der Waals surface area contributed by atoms with Crippen LogP contribution in [-0.4, -0.2) is 21.0 Å². The third-order valence-electron chi connectivity index (χ3n) is 2.87. The normalized spacial score (nSPS) is 10.8. The zero-order chi connectivity index (χ0) is 16.7. The van der Waals surface area contributed by atoms with Crippen molar-refractivity contribution in [3.8, 4) is 0 Å². The molecule has 0 bridgehead atoms. The van der Waals surface area contributed by atoms with Gasteiger partial charge in [0.2, 0.25) is 10.0 Å². The van der Waals surface area contributed by atoms with E-state index in [9.17, 15) is 13.2 Å². The van der Waals surface area contributed by atoms with Gasteiger partial charge in [0, 0.05) is 17.9 Å². The molecule has 0 aliphatic rings. The lowest BCUT2D eigenvalue weighted by atomic mass is 10.3. The van der Waals surface area contributed by atoms with E-state index in [1.807, 2.05) is 18.2 Å². The van der Waals surface area contributed by atoms with Crippen molar-refractivity contribution in [1.82, 2.24) is 4.72 Å². The van der Waals surface area contributed by atoms with Crippen LogP contribution in [0.25, 0.3) is 0 Å². The number of rotatable bonds is 6. The summed E-state index contributed by atoms with van der Waals surface area (Å²) in [6, 6.07) is 14.5. The van der Waals surface area contributed by atoms with Crippen molar-refractivity contribution < 1.29 is 13.2 Å². The first-order valence-corrected chi connectivity index (χ1v) is 8.33. The number of carbonyl (C=O) groups excluding carboxylic acids is 1. The number of amides is 2. The van der Waals surface area contributed by atoms with Gasteiger partial charge in [-0.05, 0) is 36.4 Å². The van der Waals surface area contributed by atoms with Crippen molar-refractivity contribution in [2.75, 3.05) is 17.2 Å². The van der Waals surface area contributed by atoms with Gasteiger partial charge in [-0.2, -0.15) is 0 Å². The largest absolute Gasteiger partial charge is 0.323 e. The van der Waals surface area contributed by atoms with Gasteiger partial charge >= 0.3 is 6.03 Å². The van der Waals surface area contributed by atoms with Gasteiger partial charge in [0.25, 0.3) is 0 Å². The molecule has 0 atom stereocenters. The Hall–Kier alpha value is -2.64. The van der Waals surface area contributed by atoms with Crippen LogP contribution in [0.3, 0.4) is 0 Å². The topological polar surface area (TPSA) is 87.3 Å². The summed E-state index contributed by atoms with van der Waals surface area (Å²) in [5.74, 6) is 0. The average molecular weight is 331 g/mol. The molecule has 2 aromatic carbocycles. The van der Waals surface area contributed by atoms with Crippen molar-refractivity contribution in [3.63, 3.8) is 0 Å². The van der Waals surface area contributed by atoms with Crippen molar-refractivity contribution in [2.45, 2.75) is 4.90 Å². The van der Waals surface area contributed by atoms with Crippen molar-refractivity contribution in [2.24, 2.45) is 0 Å². The van der Waals surface area contributed by atoms with E-state index in [0.717, 1.165) is 0 Å². The minimum atomic E-state index is -3.57. The van der Waals surface area contributed by atoms with Gasteiger partial charge in [0.15, 0.2) is 0 Å². The van der Waals surface area contributed by atoms with Crippen LogP contribution in [0, 0.1) is 0 Å². The number of carbonyl (C=O) groups is 1. The van der Waals surface area contributed by atoms with E-state index in [0.29, 0.717) is 11.4 Å². The Balaban J connectivity index is 2.00. The zero-order valence-corrected chi connectivity index (χ0v) is 13.1. The molecule has 0 saturated heterocycles. The fraction of sp³-hybridized carbons (Fsp3) is 0.0625. The number of hydrogen-bond acceptors (Lipinski definition) is 3. The lowest BCUT2D eigenvalue weighted by Gasteiger charge is -2.09. The fourth-order valence-corrected chi connectivity index (χ4v) is 2.78. The molecule has 2 amide bonds. The highest BCUT2D eigenvalue weighted by Gasteiger charge is 2.12. The van der Waals surface area contributed by atoms with Crippen LogP contribution >= 0.6 is 0 Å². The van der Waals surface area contributed by atoms with E-state index in [4.69, 9.17) is 0 Å². The van der Waals surface area contributed by atoms with Crippen LogP contribution in [0.2, 0.25) is 0 Å². The molecule has 0 spiro atoms. The summed E-state index contributed by atoms with van der Waals surface area (Å²) >= 11 is 0. The highest BCUT2D eigenvalue weighted by atomic mass is 32.2. The third-order valence-corrected chi connectivity index (χ3v) is 4.31. The van der Waals surface area contributed by atoms with Gasteiger partial charge < -0.3 is 10.6 Å². The Morgan fingerprint density at radius 1 is 0.957 bits per heavy atom. The second-order valence-corrected chi connectivity index (χ2v) is 6.38. The summed E-state index contributed by atoms with van der Waals surface area (Å²) in [5, 5.41) is 5.30. The minimum absolute atomic E-state index is 0.119. The van der Waals surface area contributed by atoms with E-state index in [-0.39, 0.29) is 11.4 Å². The molecule has 0 aliphatic heterocycles. The maximum absolute atomic E-state index is 11.9. The number of urea groups is 1. The van der Waals surface area contributed by atoms with Gasteiger partial charge in [-0.15, -0.1) is 6.58 Å². The molecule has 0 radical (unpaired) electrons. The molecule has 0 fully saturated rings. The van der Waals surface area contributed by atoms with Crippen LogP contribution in [0.4, 0.5) is 16.2 Å². The molecule has 0 heterocycles. The SMILES string of the molecule is C=CCNS(=O)(=O)c1ccc(NC(=O)Nc2ccccc2)cc1. The maximum Gasteiger partial charge on any atom is 0.323 e. The van der Waals surface area contributed by atoms with Crippen LogP contribution in [0.1, 0.15) is 0 Å². The molecule has 0 aromatic heterocycles. The fourth-order valence-electron chi connectivity index (χ4n) is 1.78. The molecule has 0 saturated carbocycles. The molecule has 6 nitrogen and oxygen atoms in total. The molecule has 0 aliphatic carbocycles. The van der Waals surface area contributed by atoms with Crippen molar-refractivity contribution in [3.05, 3.63) is 67.3 Å². The van der Waals surface area contributed by atoms with Crippen molar-refractivity contribution in [1.29, 1.82) is 0 Å². The van der Waals surface area contributed by atoms with Gasteiger partial charge in [0.1, 0.15) is 0 Å². The Morgan fingerprint density at radius 3 is 2.09 bits per heavy atom. The number of anilines is 2. The van der Waals surface area contributed by atoms with E-state index in [1.165, 1.54) is 30.3 Å². The molecule has 2 aromatic rings. The predicted molar refractivity (Wildman–Crippen MR) is 90.9 cm³/mol. The monoisotopic (exact) mass is 331 g/mol. The summed E-state index contributed by atoms with van der Waals surface area (Å²) in [6.45, 7) is 3.61. The number of benzene rings is 2. The number of nitrogens with one attached hydrogen (secondary N) is 3. The van der Waals surface area contributed by atoms with Gasteiger partial charge in [0.05, 0.1) is 4.90 Å². The highest BCUT2D eigenvalue weighted by molar-refractivity contribution is 7.89. The molecular weight excluding hydrogens is 314 g/mol. The molecule has 3 N–H and O–H groups in total.